The van der Waals surface area contributed by atoms with Crippen molar-refractivity contribution < 1.29 is 0 Å². The molecule has 3 atom stereocenters. The molecule has 0 saturated carbocycles. The van der Waals surface area contributed by atoms with E-state index in [1.165, 1.54) is 28.8 Å². The van der Waals surface area contributed by atoms with Gasteiger partial charge in [-0.25, -0.2) is 0 Å². The van der Waals surface area contributed by atoms with Crippen molar-refractivity contribution in [2.24, 2.45) is 5.92 Å². The van der Waals surface area contributed by atoms with Gasteiger partial charge in [-0.2, -0.15) is 0 Å². The van der Waals surface area contributed by atoms with E-state index < -0.39 is 0 Å². The third-order valence-corrected chi connectivity index (χ3v) is 4.68. The highest BCUT2D eigenvalue weighted by atomic mass is 15.0. The number of rotatable bonds is 1. The van der Waals surface area contributed by atoms with Gasteiger partial charge in [-0.05, 0) is 36.5 Å². The van der Waals surface area contributed by atoms with Crippen LogP contribution < -0.4 is 5.32 Å². The molecule has 1 aliphatic carbocycles. The summed E-state index contributed by atoms with van der Waals surface area (Å²) in [6.07, 6.45) is 5.93. The fourth-order valence-electron chi connectivity index (χ4n) is 3.70. The topological polar surface area (TPSA) is 12.0 Å². The normalized spacial score (nSPS) is 26.8. The third-order valence-electron chi connectivity index (χ3n) is 4.68. The second-order valence-corrected chi connectivity index (χ2v) is 5.98. The number of nitrogens with one attached hydrogen (secondary N) is 1. The Morgan fingerprint density at radius 2 is 1.90 bits per heavy atom. The van der Waals surface area contributed by atoms with E-state index in [-0.39, 0.29) is 0 Å². The number of hydrogen-bond donors (Lipinski definition) is 1. The minimum Gasteiger partial charge on any atom is -0.378 e. The Morgan fingerprint density at radius 3 is 2.75 bits per heavy atom. The summed E-state index contributed by atoms with van der Waals surface area (Å²) in [5, 5.41) is 3.77. The predicted molar refractivity (Wildman–Crippen MR) is 84.0 cm³/mol. The van der Waals surface area contributed by atoms with E-state index in [4.69, 9.17) is 0 Å². The Kier molecular flexibility index (Phi) is 2.66. The average molecular weight is 261 g/mol. The van der Waals surface area contributed by atoms with Crippen molar-refractivity contribution in [2.45, 2.75) is 25.3 Å². The van der Waals surface area contributed by atoms with Gasteiger partial charge in [-0.1, -0.05) is 60.2 Å². The fraction of sp³-hybridized carbons (Fsp3) is 0.263. The molecule has 20 heavy (non-hydrogen) atoms. The predicted octanol–water partition coefficient (Wildman–Crippen LogP) is 4.82. The Hall–Kier alpha value is -2.02. The van der Waals surface area contributed by atoms with Crippen LogP contribution in [0.1, 0.15) is 35.1 Å². The molecule has 0 radical (unpaired) electrons. The zero-order valence-electron chi connectivity index (χ0n) is 11.7. The number of benzene rings is 2. The maximum Gasteiger partial charge on any atom is 0.0553 e. The first kappa shape index (κ1) is 11.8. The lowest BCUT2D eigenvalue weighted by Gasteiger charge is -2.37. The molecule has 1 aliphatic heterocycles. The largest absolute Gasteiger partial charge is 0.378 e. The van der Waals surface area contributed by atoms with Gasteiger partial charge in [-0.3, -0.25) is 0 Å². The number of allylic oxidation sites excluding steroid dienone is 2. The highest BCUT2D eigenvalue weighted by Crippen LogP contribution is 2.49. The van der Waals surface area contributed by atoms with E-state index >= 15 is 0 Å². The van der Waals surface area contributed by atoms with E-state index in [2.05, 4.69) is 72.9 Å². The van der Waals surface area contributed by atoms with Crippen molar-refractivity contribution >= 4 is 5.69 Å². The van der Waals surface area contributed by atoms with Gasteiger partial charge < -0.3 is 5.32 Å². The summed E-state index contributed by atoms with van der Waals surface area (Å²) < 4.78 is 0. The second-order valence-electron chi connectivity index (χ2n) is 5.98. The fourth-order valence-corrected chi connectivity index (χ4v) is 3.70. The number of aryl methyl sites for hydroxylation is 1. The van der Waals surface area contributed by atoms with Crippen LogP contribution >= 0.6 is 0 Å². The van der Waals surface area contributed by atoms with Gasteiger partial charge >= 0.3 is 0 Å². The van der Waals surface area contributed by atoms with Crippen molar-refractivity contribution in [2.75, 3.05) is 5.32 Å². The lowest BCUT2D eigenvalue weighted by Crippen LogP contribution is -2.29. The molecule has 2 aromatic rings. The Bertz CT molecular complexity index is 657. The van der Waals surface area contributed by atoms with Gasteiger partial charge in [0.15, 0.2) is 0 Å². The monoisotopic (exact) mass is 261 g/mol. The third kappa shape index (κ3) is 1.77. The van der Waals surface area contributed by atoms with Crippen LogP contribution in [0.25, 0.3) is 0 Å². The summed E-state index contributed by atoms with van der Waals surface area (Å²) >= 11 is 0. The molecule has 0 aromatic heterocycles. The number of hydrogen-bond acceptors (Lipinski definition) is 1. The summed E-state index contributed by atoms with van der Waals surface area (Å²) in [6, 6.07) is 18.1. The highest BCUT2D eigenvalue weighted by Gasteiger charge is 2.37. The molecule has 100 valence electrons. The molecule has 2 aliphatic rings. The molecular formula is C19H19N. The molecule has 2 aromatic carbocycles. The van der Waals surface area contributed by atoms with Crippen LogP contribution in [0, 0.1) is 12.8 Å². The average Bonchev–Trinajstić information content (AvgIpc) is 2.97. The first-order chi connectivity index (χ1) is 9.83. The minimum atomic E-state index is 0.423. The minimum absolute atomic E-state index is 0.423. The van der Waals surface area contributed by atoms with Gasteiger partial charge in [0.05, 0.1) is 6.04 Å². The summed E-state index contributed by atoms with van der Waals surface area (Å²) in [4.78, 5) is 0. The molecule has 4 rings (SSSR count). The summed E-state index contributed by atoms with van der Waals surface area (Å²) in [5.74, 6) is 1.21. The van der Waals surface area contributed by atoms with Crippen LogP contribution in [-0.4, -0.2) is 0 Å². The first-order valence-electron chi connectivity index (χ1n) is 7.41. The zero-order valence-corrected chi connectivity index (χ0v) is 11.7. The van der Waals surface area contributed by atoms with E-state index in [9.17, 15) is 0 Å². The standard InChI is InChI=1S/C19H19N/c1-13-10-11-18-17(12-13)15-8-5-9-16(15)19(20-18)14-6-3-2-4-7-14/h2-8,10-12,15-16,19-20H,9H2,1H3/t15-,16+,19+/m1/s1. The first-order valence-corrected chi connectivity index (χ1v) is 7.41. The van der Waals surface area contributed by atoms with E-state index in [0.29, 0.717) is 17.9 Å². The highest BCUT2D eigenvalue weighted by molar-refractivity contribution is 5.60. The van der Waals surface area contributed by atoms with Crippen LogP contribution in [0.3, 0.4) is 0 Å². The second kappa shape index (κ2) is 4.52. The summed E-state index contributed by atoms with van der Waals surface area (Å²) in [5.41, 5.74) is 5.52. The molecule has 1 N–H and O–H groups in total. The molecule has 0 unspecified atom stereocenters. The van der Waals surface area contributed by atoms with E-state index in [1.807, 2.05) is 0 Å². The van der Waals surface area contributed by atoms with Gasteiger partial charge in [0.2, 0.25) is 0 Å². The van der Waals surface area contributed by atoms with Crippen LogP contribution in [0.2, 0.25) is 0 Å². The lowest BCUT2D eigenvalue weighted by molar-refractivity contribution is 0.425. The van der Waals surface area contributed by atoms with Gasteiger partial charge in [0, 0.05) is 11.6 Å². The number of fused-ring (bicyclic) bond motifs is 3. The molecule has 1 nitrogen and oxygen atoms in total. The molecule has 0 spiro atoms. The molecule has 1 heterocycles. The summed E-state index contributed by atoms with van der Waals surface area (Å²) in [7, 11) is 0. The van der Waals surface area contributed by atoms with Crippen LogP contribution in [0.15, 0.2) is 60.7 Å². The van der Waals surface area contributed by atoms with Crippen molar-refractivity contribution in [3.8, 4) is 0 Å². The SMILES string of the molecule is Cc1ccc2c(c1)[C@@H]1C=CC[C@@H]1[C@H](c1ccccc1)N2. The molecule has 0 saturated heterocycles. The van der Waals surface area contributed by atoms with Crippen molar-refractivity contribution in [3.63, 3.8) is 0 Å². The van der Waals surface area contributed by atoms with Crippen LogP contribution in [0.4, 0.5) is 5.69 Å². The van der Waals surface area contributed by atoms with Gasteiger partial charge in [0.1, 0.15) is 0 Å². The maximum absolute atomic E-state index is 3.77. The molecule has 0 bridgehead atoms. The van der Waals surface area contributed by atoms with Crippen LogP contribution in [-0.2, 0) is 0 Å². The van der Waals surface area contributed by atoms with E-state index in [0.717, 1.165) is 0 Å². The molecule has 1 heteroatoms. The lowest BCUT2D eigenvalue weighted by atomic mass is 9.77. The Morgan fingerprint density at radius 1 is 1.05 bits per heavy atom. The van der Waals surface area contributed by atoms with Gasteiger partial charge in [-0.15, -0.1) is 0 Å². The molecular weight excluding hydrogens is 242 g/mol. The van der Waals surface area contributed by atoms with Crippen molar-refractivity contribution in [1.29, 1.82) is 0 Å². The van der Waals surface area contributed by atoms with Crippen LogP contribution in [0.5, 0.6) is 0 Å². The smallest absolute Gasteiger partial charge is 0.0553 e. The van der Waals surface area contributed by atoms with Crippen molar-refractivity contribution in [3.05, 3.63) is 77.4 Å². The maximum atomic E-state index is 3.77. The quantitative estimate of drug-likeness (QED) is 0.726. The Labute approximate surface area is 120 Å². The number of anilines is 1. The molecule has 0 fully saturated rings. The zero-order chi connectivity index (χ0) is 13.5. The Balaban J connectivity index is 1.80. The summed E-state index contributed by atoms with van der Waals surface area (Å²) in [6.45, 7) is 2.18. The molecule has 0 amide bonds. The van der Waals surface area contributed by atoms with Crippen molar-refractivity contribution in [1.82, 2.24) is 0 Å². The van der Waals surface area contributed by atoms with E-state index in [1.54, 1.807) is 0 Å². The van der Waals surface area contributed by atoms with Gasteiger partial charge in [0.25, 0.3) is 0 Å².